The zero-order chi connectivity index (χ0) is 22.0. The number of fused-ring (bicyclic) bond motifs is 3. The number of nitrogens with one attached hydrogen (secondary N) is 1. The van der Waals surface area contributed by atoms with Gasteiger partial charge in [-0.3, -0.25) is 4.79 Å². The molecule has 0 aliphatic rings. The van der Waals surface area contributed by atoms with Gasteiger partial charge in [-0.05, 0) is 38.8 Å². The Morgan fingerprint density at radius 1 is 1.03 bits per heavy atom. The quantitative estimate of drug-likeness (QED) is 0.400. The summed E-state index contributed by atoms with van der Waals surface area (Å²) < 4.78 is 2.18. The highest BCUT2D eigenvalue weighted by Gasteiger charge is 2.23. The predicted molar refractivity (Wildman–Crippen MR) is 126 cm³/mol. The zero-order valence-electron chi connectivity index (χ0n) is 18.2. The lowest BCUT2D eigenvalue weighted by molar-refractivity contribution is -0.121. The minimum atomic E-state index is -0.290. The lowest BCUT2D eigenvalue weighted by atomic mass is 10.1. The van der Waals surface area contributed by atoms with Crippen LogP contribution < -0.4 is 5.32 Å². The van der Waals surface area contributed by atoms with Gasteiger partial charge in [-0.15, -0.1) is 10.2 Å². The van der Waals surface area contributed by atoms with Crippen molar-refractivity contribution in [3.63, 3.8) is 0 Å². The van der Waals surface area contributed by atoms with Gasteiger partial charge in [0.1, 0.15) is 5.52 Å². The van der Waals surface area contributed by atoms with Crippen LogP contribution in [0.4, 0.5) is 0 Å². The normalized spacial score (nSPS) is 13.6. The van der Waals surface area contributed by atoms with Crippen molar-refractivity contribution in [3.8, 4) is 0 Å². The first-order chi connectivity index (χ1) is 15.0. The van der Waals surface area contributed by atoms with Crippen molar-refractivity contribution >= 4 is 39.7 Å². The summed E-state index contributed by atoms with van der Waals surface area (Å²) >= 11 is 1.37. The summed E-state index contributed by atoms with van der Waals surface area (Å²) in [6, 6.07) is 18.3. The van der Waals surface area contributed by atoms with Crippen LogP contribution in [-0.4, -0.2) is 30.9 Å². The molecule has 6 nitrogen and oxygen atoms in total. The fourth-order valence-electron chi connectivity index (χ4n) is 3.80. The average Bonchev–Trinajstić information content (AvgIpc) is 3.11. The minimum Gasteiger partial charge on any atom is -0.349 e. The molecule has 2 heterocycles. The van der Waals surface area contributed by atoms with Gasteiger partial charge in [0.2, 0.25) is 11.1 Å². The van der Waals surface area contributed by atoms with Gasteiger partial charge < -0.3 is 9.88 Å². The molecule has 1 N–H and O–H groups in total. The van der Waals surface area contributed by atoms with Crippen molar-refractivity contribution in [2.45, 2.75) is 56.6 Å². The van der Waals surface area contributed by atoms with Crippen LogP contribution in [-0.2, 0) is 4.79 Å². The van der Waals surface area contributed by atoms with Crippen LogP contribution in [0.15, 0.2) is 59.8 Å². The van der Waals surface area contributed by atoms with E-state index in [-0.39, 0.29) is 23.2 Å². The molecule has 160 valence electrons. The highest BCUT2D eigenvalue weighted by Crippen LogP contribution is 2.31. The molecule has 0 spiro atoms. The lowest BCUT2D eigenvalue weighted by Crippen LogP contribution is -2.34. The molecule has 2 aromatic carbocycles. The van der Waals surface area contributed by atoms with Crippen molar-refractivity contribution in [2.75, 3.05) is 0 Å². The van der Waals surface area contributed by atoms with Gasteiger partial charge in [-0.2, -0.15) is 0 Å². The van der Waals surface area contributed by atoms with E-state index in [4.69, 9.17) is 4.98 Å². The van der Waals surface area contributed by atoms with Gasteiger partial charge in [0.15, 0.2) is 5.65 Å². The second kappa shape index (κ2) is 9.06. The first-order valence-electron chi connectivity index (χ1n) is 10.6. The fraction of sp³-hybridized carbons (Fsp3) is 0.333. The SMILES string of the molecule is CC[C@@H](Sc1nnc2c3ccccc3n(C(C)C)c2n1)C(=O)N[C@@H](C)c1ccccc1. The Morgan fingerprint density at radius 3 is 2.45 bits per heavy atom. The third kappa shape index (κ3) is 4.28. The van der Waals surface area contributed by atoms with Gasteiger partial charge in [-0.1, -0.05) is 67.2 Å². The zero-order valence-corrected chi connectivity index (χ0v) is 19.1. The van der Waals surface area contributed by atoms with E-state index < -0.39 is 0 Å². The molecule has 2 aromatic heterocycles. The minimum absolute atomic E-state index is 0.0167. The first kappa shape index (κ1) is 21.3. The Labute approximate surface area is 186 Å². The Bertz CT molecular complexity index is 1200. The van der Waals surface area contributed by atoms with E-state index in [1.165, 1.54) is 11.8 Å². The molecule has 0 saturated heterocycles. The van der Waals surface area contributed by atoms with E-state index in [9.17, 15) is 4.79 Å². The summed E-state index contributed by atoms with van der Waals surface area (Å²) in [6.45, 7) is 8.26. The molecular formula is C24H27N5OS. The van der Waals surface area contributed by atoms with Crippen molar-refractivity contribution < 1.29 is 4.79 Å². The van der Waals surface area contributed by atoms with Crippen molar-refractivity contribution in [1.29, 1.82) is 0 Å². The van der Waals surface area contributed by atoms with Gasteiger partial charge in [-0.25, -0.2) is 4.98 Å². The first-order valence-corrected chi connectivity index (χ1v) is 11.5. The van der Waals surface area contributed by atoms with Crippen molar-refractivity contribution in [3.05, 3.63) is 60.2 Å². The molecule has 0 unspecified atom stereocenters. The summed E-state index contributed by atoms with van der Waals surface area (Å²) in [5.74, 6) is -0.0167. The van der Waals surface area contributed by atoms with Crippen LogP contribution in [0, 0.1) is 0 Å². The molecule has 0 aliphatic carbocycles. The van der Waals surface area contributed by atoms with Gasteiger partial charge in [0.05, 0.1) is 16.8 Å². The molecule has 0 fully saturated rings. The number of hydrogen-bond acceptors (Lipinski definition) is 5. The number of rotatable bonds is 7. The number of aromatic nitrogens is 4. The van der Waals surface area contributed by atoms with Crippen LogP contribution in [0.1, 0.15) is 51.8 Å². The topological polar surface area (TPSA) is 72.7 Å². The molecule has 7 heteroatoms. The molecule has 0 radical (unpaired) electrons. The summed E-state index contributed by atoms with van der Waals surface area (Å²) in [4.78, 5) is 17.7. The molecule has 0 bridgehead atoms. The van der Waals surface area contributed by atoms with Crippen LogP contribution in [0.5, 0.6) is 0 Å². The Hall–Kier alpha value is -2.93. The van der Waals surface area contributed by atoms with E-state index in [1.54, 1.807) is 0 Å². The third-order valence-corrected chi connectivity index (χ3v) is 6.60. The highest BCUT2D eigenvalue weighted by atomic mass is 32.2. The second-order valence-corrected chi connectivity index (χ2v) is 9.07. The number of amides is 1. The smallest absolute Gasteiger partial charge is 0.234 e. The maximum atomic E-state index is 12.9. The predicted octanol–water partition coefficient (Wildman–Crippen LogP) is 5.31. The van der Waals surface area contributed by atoms with E-state index in [0.29, 0.717) is 11.6 Å². The van der Waals surface area contributed by atoms with Gasteiger partial charge in [0.25, 0.3) is 0 Å². The van der Waals surface area contributed by atoms with Crippen molar-refractivity contribution in [1.82, 2.24) is 25.1 Å². The van der Waals surface area contributed by atoms with Crippen LogP contribution in [0.2, 0.25) is 0 Å². The standard InChI is InChI=1S/C24H27N5OS/c1-5-20(23(30)25-16(4)17-11-7-6-8-12-17)31-24-26-22-21(27-28-24)18-13-9-10-14-19(18)29(22)15(2)3/h6-16,20H,5H2,1-4H3,(H,25,30)/t16-,20+/m0/s1. The molecule has 1 amide bonds. The largest absolute Gasteiger partial charge is 0.349 e. The molecular weight excluding hydrogens is 406 g/mol. The van der Waals surface area contributed by atoms with E-state index in [2.05, 4.69) is 40.0 Å². The monoisotopic (exact) mass is 433 g/mol. The van der Waals surface area contributed by atoms with E-state index >= 15 is 0 Å². The Morgan fingerprint density at radius 2 is 1.74 bits per heavy atom. The average molecular weight is 434 g/mol. The fourth-order valence-corrected chi connectivity index (χ4v) is 4.62. The van der Waals surface area contributed by atoms with E-state index in [1.807, 2.05) is 62.4 Å². The number of nitrogens with zero attached hydrogens (tertiary/aromatic N) is 4. The van der Waals surface area contributed by atoms with Gasteiger partial charge >= 0.3 is 0 Å². The number of carbonyl (C=O) groups is 1. The molecule has 2 atom stereocenters. The molecule has 4 rings (SSSR count). The summed E-state index contributed by atoms with van der Waals surface area (Å²) in [5, 5.41) is 13.2. The maximum absolute atomic E-state index is 12.9. The Balaban J connectivity index is 1.60. The number of hydrogen-bond donors (Lipinski definition) is 1. The molecule has 4 aromatic rings. The van der Waals surface area contributed by atoms with Crippen LogP contribution >= 0.6 is 11.8 Å². The number of benzene rings is 2. The third-order valence-electron chi connectivity index (χ3n) is 5.38. The molecule has 0 saturated carbocycles. The van der Waals surface area contributed by atoms with Crippen LogP contribution in [0.25, 0.3) is 22.1 Å². The molecule has 31 heavy (non-hydrogen) atoms. The highest BCUT2D eigenvalue weighted by molar-refractivity contribution is 8.00. The molecule has 0 aliphatic heterocycles. The van der Waals surface area contributed by atoms with Crippen LogP contribution in [0.3, 0.4) is 0 Å². The summed E-state index contributed by atoms with van der Waals surface area (Å²) in [7, 11) is 0. The second-order valence-electron chi connectivity index (χ2n) is 7.90. The number of thioether (sulfide) groups is 1. The number of para-hydroxylation sites is 1. The lowest BCUT2D eigenvalue weighted by Gasteiger charge is -2.19. The summed E-state index contributed by atoms with van der Waals surface area (Å²) in [5.41, 5.74) is 3.78. The number of carbonyl (C=O) groups excluding carboxylic acids is 1. The summed E-state index contributed by atoms with van der Waals surface area (Å²) in [6.07, 6.45) is 0.673. The maximum Gasteiger partial charge on any atom is 0.234 e. The van der Waals surface area contributed by atoms with Crippen molar-refractivity contribution in [2.24, 2.45) is 0 Å². The van der Waals surface area contributed by atoms with Gasteiger partial charge in [0, 0.05) is 11.4 Å². The van der Waals surface area contributed by atoms with E-state index in [0.717, 1.165) is 27.6 Å². The Kier molecular flexibility index (Phi) is 6.23.